The monoisotopic (exact) mass is 448 g/mol. The average molecular weight is 449 g/mol. The topological polar surface area (TPSA) is 90.5 Å². The summed E-state index contributed by atoms with van der Waals surface area (Å²) in [7, 11) is 0. The van der Waals surface area contributed by atoms with Crippen LogP contribution in [0.3, 0.4) is 0 Å². The Balaban J connectivity index is 1.74. The second-order valence-corrected chi connectivity index (χ2v) is 7.98. The summed E-state index contributed by atoms with van der Waals surface area (Å²) in [6.07, 6.45) is 2.42. The molecule has 2 amide bonds. The van der Waals surface area contributed by atoms with Crippen molar-refractivity contribution in [2.75, 3.05) is 13.1 Å². The molecule has 0 aliphatic carbocycles. The Morgan fingerprint density at radius 3 is 2.82 bits per heavy atom. The molecule has 0 saturated carbocycles. The van der Waals surface area contributed by atoms with Crippen molar-refractivity contribution in [2.45, 2.75) is 39.3 Å². The molecule has 1 saturated heterocycles. The van der Waals surface area contributed by atoms with Crippen LogP contribution in [0.2, 0.25) is 0 Å². The van der Waals surface area contributed by atoms with Crippen LogP contribution in [0.25, 0.3) is 0 Å². The summed E-state index contributed by atoms with van der Waals surface area (Å²) in [4.78, 5) is 26.4. The van der Waals surface area contributed by atoms with Gasteiger partial charge in [-0.2, -0.15) is 5.10 Å². The molecule has 8 heteroatoms. The highest BCUT2D eigenvalue weighted by atomic mass is 79.9. The smallest absolute Gasteiger partial charge is 0.257 e. The Morgan fingerprint density at radius 2 is 2.18 bits per heavy atom. The summed E-state index contributed by atoms with van der Waals surface area (Å²) in [6.45, 7) is 5.51. The molecular formula is C20H25BrN4O3. The molecule has 28 heavy (non-hydrogen) atoms. The van der Waals surface area contributed by atoms with Crippen LogP contribution >= 0.6 is 15.9 Å². The molecule has 2 heterocycles. The molecule has 1 aliphatic heterocycles. The Morgan fingerprint density at radius 1 is 1.39 bits per heavy atom. The number of carbonyl (C=O) groups is 2. The maximum atomic E-state index is 13.0. The molecule has 2 atom stereocenters. The summed E-state index contributed by atoms with van der Waals surface area (Å²) in [5.41, 5.74) is 6.78. The number of ether oxygens (including phenoxy) is 1. The number of halogens is 1. The fourth-order valence-corrected chi connectivity index (χ4v) is 3.96. The molecule has 3 rings (SSSR count). The minimum Gasteiger partial charge on any atom is -0.490 e. The molecule has 1 fully saturated rings. The number of primary amides is 1. The summed E-state index contributed by atoms with van der Waals surface area (Å²) in [6, 6.07) is 7.59. The van der Waals surface area contributed by atoms with Crippen molar-refractivity contribution in [3.8, 4) is 5.75 Å². The molecule has 0 bridgehead atoms. The van der Waals surface area contributed by atoms with E-state index in [1.807, 2.05) is 38.1 Å². The zero-order valence-corrected chi connectivity index (χ0v) is 17.7. The Bertz CT molecular complexity index is 867. The number of nitrogens with zero attached hydrogens (tertiary/aromatic N) is 3. The van der Waals surface area contributed by atoms with Crippen LogP contribution in [0, 0.1) is 12.8 Å². The second-order valence-electron chi connectivity index (χ2n) is 7.07. The van der Waals surface area contributed by atoms with Gasteiger partial charge in [-0.3, -0.25) is 14.3 Å². The number of piperidine rings is 1. The first-order valence-electron chi connectivity index (χ1n) is 9.41. The molecule has 7 nitrogen and oxygen atoms in total. The number of hydrogen-bond donors (Lipinski definition) is 1. The summed E-state index contributed by atoms with van der Waals surface area (Å²) >= 11 is 3.44. The molecule has 1 aliphatic rings. The van der Waals surface area contributed by atoms with E-state index in [1.54, 1.807) is 15.8 Å². The molecule has 1 aromatic heterocycles. The van der Waals surface area contributed by atoms with Gasteiger partial charge in [-0.05, 0) is 32.0 Å². The number of hydrogen-bond acceptors (Lipinski definition) is 4. The second kappa shape index (κ2) is 8.77. The minimum atomic E-state index is -0.392. The van der Waals surface area contributed by atoms with Crippen LogP contribution in [0.4, 0.5) is 0 Å². The van der Waals surface area contributed by atoms with E-state index in [-0.39, 0.29) is 24.3 Å². The SMILES string of the molecule is CCn1cc(C(=O)N2CC[C@H](Oc3cccc(Br)c3)[C@@H](CC(N)=O)C2)c(C)n1. The lowest BCUT2D eigenvalue weighted by Gasteiger charge is -2.38. The van der Waals surface area contributed by atoms with Gasteiger partial charge in [-0.15, -0.1) is 0 Å². The molecule has 0 spiro atoms. The predicted octanol–water partition coefficient (Wildman–Crippen LogP) is 2.76. The van der Waals surface area contributed by atoms with Gasteiger partial charge in [0.25, 0.3) is 5.91 Å². The van der Waals surface area contributed by atoms with E-state index in [2.05, 4.69) is 21.0 Å². The molecule has 2 N–H and O–H groups in total. The molecule has 0 radical (unpaired) electrons. The van der Waals surface area contributed by atoms with E-state index in [1.165, 1.54) is 0 Å². The van der Waals surface area contributed by atoms with E-state index in [0.717, 1.165) is 10.2 Å². The van der Waals surface area contributed by atoms with Gasteiger partial charge in [0.05, 0.1) is 11.3 Å². The minimum absolute atomic E-state index is 0.0624. The number of amides is 2. The van der Waals surface area contributed by atoms with Gasteiger partial charge in [-0.1, -0.05) is 22.0 Å². The zero-order chi connectivity index (χ0) is 20.3. The molecular weight excluding hydrogens is 424 g/mol. The van der Waals surface area contributed by atoms with Gasteiger partial charge in [0.1, 0.15) is 11.9 Å². The van der Waals surface area contributed by atoms with Crippen LogP contribution in [0.1, 0.15) is 35.8 Å². The quantitative estimate of drug-likeness (QED) is 0.735. The lowest BCUT2D eigenvalue weighted by molar-refractivity contribution is -0.120. The third-order valence-corrected chi connectivity index (χ3v) is 5.49. The van der Waals surface area contributed by atoms with Crippen molar-refractivity contribution in [1.82, 2.24) is 14.7 Å². The maximum absolute atomic E-state index is 13.0. The highest BCUT2D eigenvalue weighted by molar-refractivity contribution is 9.10. The first-order chi connectivity index (χ1) is 13.4. The average Bonchev–Trinajstić information content (AvgIpc) is 3.03. The zero-order valence-electron chi connectivity index (χ0n) is 16.1. The van der Waals surface area contributed by atoms with Crippen molar-refractivity contribution in [3.05, 3.63) is 46.2 Å². The van der Waals surface area contributed by atoms with E-state index >= 15 is 0 Å². The van der Waals surface area contributed by atoms with Gasteiger partial charge < -0.3 is 15.4 Å². The van der Waals surface area contributed by atoms with Crippen LogP contribution in [-0.2, 0) is 11.3 Å². The van der Waals surface area contributed by atoms with E-state index in [9.17, 15) is 9.59 Å². The van der Waals surface area contributed by atoms with Crippen LogP contribution < -0.4 is 10.5 Å². The van der Waals surface area contributed by atoms with E-state index in [4.69, 9.17) is 10.5 Å². The number of aromatic nitrogens is 2. The fraction of sp³-hybridized carbons (Fsp3) is 0.450. The van der Waals surface area contributed by atoms with Crippen LogP contribution in [0.5, 0.6) is 5.75 Å². The first kappa shape index (κ1) is 20.4. The molecule has 1 aromatic carbocycles. The number of benzene rings is 1. The number of rotatable bonds is 6. The van der Waals surface area contributed by atoms with Crippen molar-refractivity contribution in [1.29, 1.82) is 0 Å². The highest BCUT2D eigenvalue weighted by Crippen LogP contribution is 2.28. The van der Waals surface area contributed by atoms with Crippen LogP contribution in [0.15, 0.2) is 34.9 Å². The summed E-state index contributed by atoms with van der Waals surface area (Å²) in [5.74, 6) is 0.120. The van der Waals surface area contributed by atoms with Gasteiger partial charge in [0.15, 0.2) is 0 Å². The largest absolute Gasteiger partial charge is 0.490 e. The number of carbonyl (C=O) groups excluding carboxylic acids is 2. The van der Waals surface area contributed by atoms with Crippen molar-refractivity contribution >= 4 is 27.7 Å². The Labute approximate surface area is 173 Å². The third kappa shape index (κ3) is 4.73. The lowest BCUT2D eigenvalue weighted by Crippen LogP contribution is -2.49. The van der Waals surface area contributed by atoms with E-state index < -0.39 is 5.91 Å². The first-order valence-corrected chi connectivity index (χ1v) is 10.2. The number of aryl methyl sites for hydroxylation is 2. The summed E-state index contributed by atoms with van der Waals surface area (Å²) in [5, 5.41) is 4.36. The maximum Gasteiger partial charge on any atom is 0.257 e. The number of likely N-dealkylation sites (tertiary alicyclic amines) is 1. The van der Waals surface area contributed by atoms with Gasteiger partial charge in [0, 0.05) is 49.1 Å². The van der Waals surface area contributed by atoms with Crippen molar-refractivity contribution in [2.24, 2.45) is 11.7 Å². The summed E-state index contributed by atoms with van der Waals surface area (Å²) < 4.78 is 8.82. The van der Waals surface area contributed by atoms with E-state index in [0.29, 0.717) is 37.3 Å². The third-order valence-electron chi connectivity index (χ3n) is 5.00. The Kier molecular flexibility index (Phi) is 6.39. The lowest BCUT2D eigenvalue weighted by atomic mass is 9.90. The molecule has 0 unspecified atom stereocenters. The number of nitrogens with two attached hydrogens (primary N) is 1. The van der Waals surface area contributed by atoms with Crippen LogP contribution in [-0.4, -0.2) is 45.7 Å². The predicted molar refractivity (Wildman–Crippen MR) is 109 cm³/mol. The van der Waals surface area contributed by atoms with Crippen molar-refractivity contribution in [3.63, 3.8) is 0 Å². The highest BCUT2D eigenvalue weighted by Gasteiger charge is 2.35. The normalized spacial score (nSPS) is 19.5. The van der Waals surface area contributed by atoms with Gasteiger partial charge >= 0.3 is 0 Å². The van der Waals surface area contributed by atoms with Gasteiger partial charge in [0.2, 0.25) is 5.91 Å². The van der Waals surface area contributed by atoms with Crippen molar-refractivity contribution < 1.29 is 14.3 Å². The standard InChI is InChI=1S/C20H25BrN4O3/c1-3-25-12-17(13(2)23-25)20(27)24-8-7-18(14(11-24)9-19(22)26)28-16-6-4-5-15(21)10-16/h4-6,10,12,14,18H,3,7-9,11H2,1-2H3,(H2,22,26)/t14-,18-/m0/s1. The fourth-order valence-electron chi connectivity index (χ4n) is 3.58. The molecule has 2 aromatic rings. The molecule has 150 valence electrons. The Hall–Kier alpha value is -2.35. The van der Waals surface area contributed by atoms with Gasteiger partial charge in [-0.25, -0.2) is 0 Å².